The number of fused-ring (bicyclic) bond motifs is 1. The van der Waals surface area contributed by atoms with E-state index in [1.165, 1.54) is 29.9 Å². The van der Waals surface area contributed by atoms with Crippen LogP contribution in [-0.4, -0.2) is 29.2 Å². The molecule has 12 heteroatoms. The fraction of sp³-hybridized carbons (Fsp3) is 0.179. The van der Waals surface area contributed by atoms with Gasteiger partial charge < -0.3 is 13.9 Å². The first-order valence-corrected chi connectivity index (χ1v) is 13.3. The van der Waals surface area contributed by atoms with Gasteiger partial charge in [0.05, 0.1) is 39.5 Å². The summed E-state index contributed by atoms with van der Waals surface area (Å²) in [5.74, 6) is 0.569. The number of carbonyl (C=O) groups excluding carboxylic acids is 1. The molecule has 1 unspecified atom stereocenters. The lowest BCUT2D eigenvalue weighted by Gasteiger charge is -2.25. The Bertz CT molecular complexity index is 1870. The molecule has 1 atom stereocenters. The van der Waals surface area contributed by atoms with Crippen LogP contribution in [0.4, 0.5) is 5.69 Å². The average Bonchev–Trinajstić information content (AvgIpc) is 3.52. The number of nitrogens with zero attached hydrogens (tertiary/aromatic N) is 3. The number of hydrogen-bond donors (Lipinski definition) is 0. The summed E-state index contributed by atoms with van der Waals surface area (Å²) in [5.41, 5.74) is 1.11. The van der Waals surface area contributed by atoms with Crippen LogP contribution in [0, 0.1) is 10.1 Å². The van der Waals surface area contributed by atoms with Crippen molar-refractivity contribution in [1.82, 2.24) is 4.57 Å². The van der Waals surface area contributed by atoms with Crippen LogP contribution in [0.2, 0.25) is 5.02 Å². The van der Waals surface area contributed by atoms with E-state index in [-0.39, 0.29) is 28.4 Å². The van der Waals surface area contributed by atoms with E-state index >= 15 is 0 Å². The van der Waals surface area contributed by atoms with Gasteiger partial charge in [-0.2, -0.15) is 0 Å². The quantitative estimate of drug-likeness (QED) is 0.177. The lowest BCUT2D eigenvalue weighted by atomic mass is 9.95. The van der Waals surface area contributed by atoms with E-state index in [0.29, 0.717) is 43.4 Å². The number of methoxy groups -OCH3 is 1. The predicted octanol–water partition coefficient (Wildman–Crippen LogP) is 4.63. The molecule has 0 amide bonds. The largest absolute Gasteiger partial charge is 0.496 e. The van der Waals surface area contributed by atoms with Crippen molar-refractivity contribution >= 4 is 40.7 Å². The Hall–Kier alpha value is -4.48. The molecular formula is C28H22ClN3O7S. The maximum atomic E-state index is 13.8. The maximum absolute atomic E-state index is 13.8. The zero-order valence-electron chi connectivity index (χ0n) is 21.5. The number of nitro benzene ring substituents is 1. The summed E-state index contributed by atoms with van der Waals surface area (Å²) in [6, 6.07) is 13.6. The van der Waals surface area contributed by atoms with Crippen LogP contribution in [-0.2, 0) is 9.53 Å². The summed E-state index contributed by atoms with van der Waals surface area (Å²) < 4.78 is 18.5. The number of nitro groups is 1. The minimum Gasteiger partial charge on any atom is -0.496 e. The summed E-state index contributed by atoms with van der Waals surface area (Å²) in [5, 5.41) is 11.5. The first-order valence-electron chi connectivity index (χ1n) is 12.1. The van der Waals surface area contributed by atoms with E-state index in [2.05, 4.69) is 4.99 Å². The lowest BCUT2D eigenvalue weighted by molar-refractivity contribution is -0.384. The van der Waals surface area contributed by atoms with Crippen molar-refractivity contribution in [3.63, 3.8) is 0 Å². The van der Waals surface area contributed by atoms with Gasteiger partial charge in [-0.15, -0.1) is 0 Å². The average molecular weight is 580 g/mol. The molecule has 1 aliphatic rings. The monoisotopic (exact) mass is 579 g/mol. The molecule has 3 heterocycles. The van der Waals surface area contributed by atoms with Gasteiger partial charge in [0.15, 0.2) is 4.80 Å². The molecule has 0 saturated carbocycles. The van der Waals surface area contributed by atoms with Gasteiger partial charge in [0.25, 0.3) is 11.2 Å². The molecule has 1 aliphatic heterocycles. The highest BCUT2D eigenvalue weighted by Gasteiger charge is 2.35. The normalized spacial score (nSPS) is 15.0. The minimum absolute atomic E-state index is 0.130. The number of benzene rings is 2. The molecule has 0 radical (unpaired) electrons. The van der Waals surface area contributed by atoms with Gasteiger partial charge in [-0.25, -0.2) is 9.79 Å². The van der Waals surface area contributed by atoms with E-state index in [9.17, 15) is 19.7 Å². The Balaban J connectivity index is 1.65. The van der Waals surface area contributed by atoms with Crippen LogP contribution in [0.1, 0.15) is 31.2 Å². The van der Waals surface area contributed by atoms with Crippen LogP contribution in [0.15, 0.2) is 80.1 Å². The molecule has 2 aromatic heterocycles. The number of furan rings is 1. The van der Waals surface area contributed by atoms with Crippen molar-refractivity contribution in [2.24, 2.45) is 4.99 Å². The van der Waals surface area contributed by atoms with Crippen molar-refractivity contribution < 1.29 is 23.6 Å². The number of hydrogen-bond acceptors (Lipinski definition) is 9. The molecule has 0 saturated heterocycles. The highest BCUT2D eigenvalue weighted by atomic mass is 35.5. The van der Waals surface area contributed by atoms with Gasteiger partial charge in [-0.1, -0.05) is 41.1 Å². The molecule has 0 spiro atoms. The first kappa shape index (κ1) is 27.1. The molecule has 4 aromatic rings. The number of rotatable bonds is 7. The van der Waals surface area contributed by atoms with Gasteiger partial charge >= 0.3 is 5.97 Å². The number of para-hydroxylation sites is 1. The molecule has 10 nitrogen and oxygen atoms in total. The molecule has 2 aromatic carbocycles. The Morgan fingerprint density at radius 1 is 1.25 bits per heavy atom. The maximum Gasteiger partial charge on any atom is 0.338 e. The van der Waals surface area contributed by atoms with Crippen molar-refractivity contribution in [1.29, 1.82) is 0 Å². The van der Waals surface area contributed by atoms with Crippen LogP contribution >= 0.6 is 22.9 Å². The minimum atomic E-state index is -0.829. The lowest BCUT2D eigenvalue weighted by Crippen LogP contribution is -2.40. The molecule has 0 aliphatic carbocycles. The van der Waals surface area contributed by atoms with Crippen molar-refractivity contribution in [2.45, 2.75) is 19.9 Å². The Morgan fingerprint density at radius 3 is 2.75 bits per heavy atom. The zero-order chi connectivity index (χ0) is 28.6. The molecule has 0 bridgehead atoms. The standard InChI is InChI=1S/C28H22ClN3O7S/c1-4-38-27(34)24-15(2)30-28-31(25(24)18-7-5-6-8-21(18)37-3)26(33)23(40-28)14-17-10-12-22(39-17)19-13-16(32(35)36)9-11-20(19)29/h5-14,25H,4H2,1-3H3/b23-14-. The van der Waals surface area contributed by atoms with E-state index in [1.807, 2.05) is 0 Å². The Labute approximate surface area is 236 Å². The number of halogens is 1. The van der Waals surface area contributed by atoms with Crippen molar-refractivity contribution in [2.75, 3.05) is 13.7 Å². The fourth-order valence-corrected chi connectivity index (χ4v) is 5.74. The van der Waals surface area contributed by atoms with Gasteiger partial charge in [0, 0.05) is 29.3 Å². The van der Waals surface area contributed by atoms with Gasteiger partial charge in [0.2, 0.25) is 0 Å². The number of allylic oxidation sites excluding steroid dienone is 1. The molecule has 0 N–H and O–H groups in total. The third-order valence-electron chi connectivity index (χ3n) is 6.28. The van der Waals surface area contributed by atoms with Gasteiger partial charge in [0.1, 0.15) is 23.3 Å². The SMILES string of the molecule is CCOC(=O)C1=C(C)N=c2s/c(=C\c3ccc(-c4cc([N+](=O)[O-])ccc4Cl)o3)c(=O)n2C1c1ccccc1OC. The number of carbonyl (C=O) groups is 1. The topological polar surface area (TPSA) is 126 Å². The second kappa shape index (κ2) is 10.9. The van der Waals surface area contributed by atoms with Crippen LogP contribution in [0.3, 0.4) is 0 Å². The smallest absolute Gasteiger partial charge is 0.338 e. The van der Waals surface area contributed by atoms with Crippen molar-refractivity contribution in [3.8, 4) is 17.1 Å². The number of ether oxygens (including phenoxy) is 2. The molecular weight excluding hydrogens is 558 g/mol. The number of non-ortho nitro benzene ring substituents is 1. The summed E-state index contributed by atoms with van der Waals surface area (Å²) in [6.45, 7) is 3.57. The van der Waals surface area contributed by atoms with Crippen LogP contribution < -0.4 is 19.6 Å². The second-order valence-electron chi connectivity index (χ2n) is 8.67. The number of aromatic nitrogens is 1. The molecule has 204 valence electrons. The fourth-order valence-electron chi connectivity index (χ4n) is 4.50. The summed E-state index contributed by atoms with van der Waals surface area (Å²) in [4.78, 5) is 42.5. The predicted molar refractivity (Wildman–Crippen MR) is 149 cm³/mol. The van der Waals surface area contributed by atoms with Gasteiger partial charge in [-0.05, 0) is 38.1 Å². The highest BCUT2D eigenvalue weighted by molar-refractivity contribution is 7.07. The Kier molecular flexibility index (Phi) is 7.42. The second-order valence-corrected chi connectivity index (χ2v) is 10.1. The third kappa shape index (κ3) is 4.85. The first-order chi connectivity index (χ1) is 19.2. The van der Waals surface area contributed by atoms with E-state index < -0.39 is 16.9 Å². The van der Waals surface area contributed by atoms with Crippen LogP contribution in [0.5, 0.6) is 5.75 Å². The Morgan fingerprint density at radius 2 is 2.02 bits per heavy atom. The number of esters is 1. The summed E-state index contributed by atoms with van der Waals surface area (Å²) in [6.07, 6.45) is 1.56. The number of thiazole rings is 1. The van der Waals surface area contributed by atoms with Gasteiger partial charge in [-0.3, -0.25) is 19.5 Å². The molecule has 0 fully saturated rings. The third-order valence-corrected chi connectivity index (χ3v) is 7.59. The summed E-state index contributed by atoms with van der Waals surface area (Å²) >= 11 is 7.40. The van der Waals surface area contributed by atoms with E-state index in [1.54, 1.807) is 56.3 Å². The summed E-state index contributed by atoms with van der Waals surface area (Å²) in [7, 11) is 1.52. The highest BCUT2D eigenvalue weighted by Crippen LogP contribution is 2.36. The zero-order valence-corrected chi connectivity index (χ0v) is 23.1. The van der Waals surface area contributed by atoms with E-state index in [0.717, 1.165) is 11.3 Å². The van der Waals surface area contributed by atoms with Crippen molar-refractivity contribution in [3.05, 3.63) is 112 Å². The molecule has 5 rings (SSSR count). The van der Waals surface area contributed by atoms with Crippen LogP contribution in [0.25, 0.3) is 17.4 Å². The van der Waals surface area contributed by atoms with E-state index in [4.69, 9.17) is 25.5 Å². The molecule has 40 heavy (non-hydrogen) atoms.